The first kappa shape index (κ1) is 10.1. The summed E-state index contributed by atoms with van der Waals surface area (Å²) in [6, 6.07) is 2.48. The molecular formula is C13H18N2O. The highest BCUT2D eigenvalue weighted by Gasteiger charge is 2.38. The molecule has 1 aromatic heterocycles. The summed E-state index contributed by atoms with van der Waals surface area (Å²) >= 11 is 0. The van der Waals surface area contributed by atoms with E-state index in [2.05, 4.69) is 29.5 Å². The van der Waals surface area contributed by atoms with Gasteiger partial charge in [0.1, 0.15) is 6.26 Å². The molecule has 0 saturated heterocycles. The molecule has 86 valence electrons. The fourth-order valence-electron chi connectivity index (χ4n) is 3.14. The van der Waals surface area contributed by atoms with Crippen molar-refractivity contribution in [1.29, 1.82) is 0 Å². The van der Waals surface area contributed by atoms with E-state index in [4.69, 9.17) is 4.52 Å². The summed E-state index contributed by atoms with van der Waals surface area (Å²) in [5, 5.41) is 7.47. The lowest BCUT2D eigenvalue weighted by atomic mass is 9.87. The molecule has 2 bridgehead atoms. The molecule has 3 heteroatoms. The summed E-state index contributed by atoms with van der Waals surface area (Å²) in [5.41, 5.74) is 0.991. The lowest BCUT2D eigenvalue weighted by molar-refractivity contribution is 0.322. The average molecular weight is 218 g/mol. The summed E-state index contributed by atoms with van der Waals surface area (Å²) in [6.07, 6.45) is 9.16. The quantitative estimate of drug-likeness (QED) is 0.788. The van der Waals surface area contributed by atoms with Gasteiger partial charge in [-0.25, -0.2) is 0 Å². The first-order chi connectivity index (χ1) is 7.83. The summed E-state index contributed by atoms with van der Waals surface area (Å²) in [6.45, 7) is 3.11. The van der Waals surface area contributed by atoms with Crippen molar-refractivity contribution in [2.75, 3.05) is 0 Å². The minimum atomic E-state index is 0.566. The molecule has 1 saturated carbocycles. The smallest absolute Gasteiger partial charge is 0.124 e. The summed E-state index contributed by atoms with van der Waals surface area (Å²) in [7, 11) is 0. The van der Waals surface area contributed by atoms with Gasteiger partial charge in [-0.1, -0.05) is 17.3 Å². The van der Waals surface area contributed by atoms with Gasteiger partial charge in [0.25, 0.3) is 0 Å². The van der Waals surface area contributed by atoms with Gasteiger partial charge in [-0.3, -0.25) is 0 Å². The van der Waals surface area contributed by atoms with Crippen LogP contribution in [0.4, 0.5) is 0 Å². The first-order valence-corrected chi connectivity index (χ1v) is 6.14. The second kappa shape index (κ2) is 4.06. The summed E-state index contributed by atoms with van der Waals surface area (Å²) in [5.74, 6) is 2.47. The third-order valence-corrected chi connectivity index (χ3v) is 4.07. The lowest BCUT2D eigenvalue weighted by Crippen LogP contribution is -2.35. The zero-order valence-electron chi connectivity index (χ0n) is 9.60. The van der Waals surface area contributed by atoms with E-state index in [0.717, 1.165) is 30.0 Å². The minimum absolute atomic E-state index is 0.566. The van der Waals surface area contributed by atoms with E-state index >= 15 is 0 Å². The molecular weight excluding hydrogens is 200 g/mol. The molecule has 1 N–H and O–H groups in total. The first-order valence-electron chi connectivity index (χ1n) is 6.14. The topological polar surface area (TPSA) is 38.1 Å². The van der Waals surface area contributed by atoms with E-state index < -0.39 is 0 Å². The Balaban J connectivity index is 1.54. The van der Waals surface area contributed by atoms with Gasteiger partial charge in [0.15, 0.2) is 0 Å². The Hall–Kier alpha value is -1.09. The zero-order valence-corrected chi connectivity index (χ0v) is 9.60. The largest absolute Gasteiger partial charge is 0.364 e. The Morgan fingerprint density at radius 2 is 2.44 bits per heavy atom. The van der Waals surface area contributed by atoms with Gasteiger partial charge in [-0.2, -0.15) is 0 Å². The second-order valence-electron chi connectivity index (χ2n) is 5.10. The van der Waals surface area contributed by atoms with Gasteiger partial charge in [0.2, 0.25) is 0 Å². The number of fused-ring (bicyclic) bond motifs is 2. The third-order valence-electron chi connectivity index (χ3n) is 4.07. The number of nitrogens with one attached hydrogen (secondary N) is 1. The Labute approximate surface area is 95.9 Å². The van der Waals surface area contributed by atoms with Crippen molar-refractivity contribution in [3.05, 3.63) is 30.2 Å². The third kappa shape index (κ3) is 1.80. The zero-order chi connectivity index (χ0) is 11.0. The van der Waals surface area contributed by atoms with E-state index in [9.17, 15) is 0 Å². The fraction of sp³-hybridized carbons (Fsp3) is 0.615. The molecule has 1 fully saturated rings. The van der Waals surface area contributed by atoms with E-state index in [1.807, 2.05) is 6.07 Å². The SMILES string of the molecule is CC(NCc1ccon1)C1CC2C=CC1C2. The Morgan fingerprint density at radius 3 is 3.06 bits per heavy atom. The molecule has 1 aromatic rings. The van der Waals surface area contributed by atoms with Crippen LogP contribution in [-0.2, 0) is 6.54 Å². The number of hydrogen-bond acceptors (Lipinski definition) is 3. The van der Waals surface area contributed by atoms with Gasteiger partial charge in [0.05, 0.1) is 5.69 Å². The van der Waals surface area contributed by atoms with E-state index in [-0.39, 0.29) is 0 Å². The molecule has 2 aliphatic rings. The monoisotopic (exact) mass is 218 g/mol. The molecule has 1 heterocycles. The van der Waals surface area contributed by atoms with Crippen LogP contribution in [0.3, 0.4) is 0 Å². The maximum atomic E-state index is 4.82. The maximum Gasteiger partial charge on any atom is 0.124 e. The average Bonchev–Trinajstić information content (AvgIpc) is 3.01. The van der Waals surface area contributed by atoms with Gasteiger partial charge >= 0.3 is 0 Å². The van der Waals surface area contributed by atoms with Crippen molar-refractivity contribution in [1.82, 2.24) is 10.5 Å². The molecule has 0 aromatic carbocycles. The maximum absolute atomic E-state index is 4.82. The predicted octanol–water partition coefficient (Wildman–Crippen LogP) is 2.36. The molecule has 4 unspecified atom stereocenters. The summed E-state index contributed by atoms with van der Waals surface area (Å²) in [4.78, 5) is 0. The molecule has 2 aliphatic carbocycles. The van der Waals surface area contributed by atoms with Crippen LogP contribution in [0.2, 0.25) is 0 Å². The number of rotatable bonds is 4. The Morgan fingerprint density at radius 1 is 1.50 bits per heavy atom. The molecule has 16 heavy (non-hydrogen) atoms. The van der Waals surface area contributed by atoms with Crippen LogP contribution in [0.5, 0.6) is 0 Å². The Kier molecular flexibility index (Phi) is 2.56. The highest BCUT2D eigenvalue weighted by Crippen LogP contribution is 2.44. The number of allylic oxidation sites excluding steroid dienone is 2. The number of hydrogen-bond donors (Lipinski definition) is 1. The van der Waals surface area contributed by atoms with Crippen LogP contribution in [0, 0.1) is 17.8 Å². The van der Waals surface area contributed by atoms with Gasteiger partial charge in [-0.15, -0.1) is 0 Å². The van der Waals surface area contributed by atoms with Crippen LogP contribution >= 0.6 is 0 Å². The molecule has 0 spiro atoms. The van der Waals surface area contributed by atoms with Crippen molar-refractivity contribution < 1.29 is 4.52 Å². The van der Waals surface area contributed by atoms with Crippen molar-refractivity contribution in [3.63, 3.8) is 0 Å². The Bertz CT molecular complexity index is 371. The van der Waals surface area contributed by atoms with Crippen molar-refractivity contribution in [2.45, 2.75) is 32.4 Å². The van der Waals surface area contributed by atoms with Gasteiger partial charge < -0.3 is 9.84 Å². The molecule has 4 atom stereocenters. The minimum Gasteiger partial charge on any atom is -0.364 e. The molecule has 3 rings (SSSR count). The van der Waals surface area contributed by atoms with Gasteiger partial charge in [0, 0.05) is 18.7 Å². The van der Waals surface area contributed by atoms with Crippen LogP contribution in [0.25, 0.3) is 0 Å². The van der Waals surface area contributed by atoms with E-state index in [1.165, 1.54) is 12.8 Å². The van der Waals surface area contributed by atoms with Crippen LogP contribution < -0.4 is 5.32 Å². The highest BCUT2D eigenvalue weighted by atomic mass is 16.5. The summed E-state index contributed by atoms with van der Waals surface area (Å²) < 4.78 is 4.82. The van der Waals surface area contributed by atoms with Crippen molar-refractivity contribution >= 4 is 0 Å². The van der Waals surface area contributed by atoms with E-state index in [0.29, 0.717) is 6.04 Å². The van der Waals surface area contributed by atoms with Crippen LogP contribution in [0.15, 0.2) is 29.0 Å². The standard InChI is InChI=1S/C13H18N2O/c1-9(14-8-12-4-5-16-15-12)13-7-10-2-3-11(13)6-10/h2-5,9-11,13-14H,6-8H2,1H3. The second-order valence-corrected chi connectivity index (χ2v) is 5.10. The van der Waals surface area contributed by atoms with Crippen LogP contribution in [-0.4, -0.2) is 11.2 Å². The number of nitrogens with zero attached hydrogens (tertiary/aromatic N) is 1. The molecule has 3 nitrogen and oxygen atoms in total. The predicted molar refractivity (Wildman–Crippen MR) is 61.6 cm³/mol. The van der Waals surface area contributed by atoms with E-state index in [1.54, 1.807) is 6.26 Å². The lowest BCUT2D eigenvalue weighted by Gasteiger charge is -2.26. The number of aromatic nitrogens is 1. The molecule has 0 aliphatic heterocycles. The normalized spacial score (nSPS) is 33.4. The molecule has 0 amide bonds. The van der Waals surface area contributed by atoms with Gasteiger partial charge in [-0.05, 0) is 37.5 Å². The van der Waals surface area contributed by atoms with Crippen LogP contribution in [0.1, 0.15) is 25.5 Å². The van der Waals surface area contributed by atoms with Crippen molar-refractivity contribution in [3.8, 4) is 0 Å². The fourth-order valence-corrected chi connectivity index (χ4v) is 3.14. The van der Waals surface area contributed by atoms with Crippen molar-refractivity contribution in [2.24, 2.45) is 17.8 Å². The highest BCUT2D eigenvalue weighted by molar-refractivity contribution is 5.11. The molecule has 0 radical (unpaired) electrons.